The lowest BCUT2D eigenvalue weighted by atomic mass is 9.95. The Hall–Kier alpha value is -3.07. The van der Waals surface area contributed by atoms with Crippen molar-refractivity contribution in [2.24, 2.45) is 15.9 Å². The number of hydrogen-bond acceptors (Lipinski definition) is 3. The van der Waals surface area contributed by atoms with Gasteiger partial charge < -0.3 is 4.79 Å². The summed E-state index contributed by atoms with van der Waals surface area (Å²) in [5, 5.41) is 0. The third-order valence-electron chi connectivity index (χ3n) is 5.79. The monoisotopic (exact) mass is 440 g/mol. The molecule has 0 spiro atoms. The highest BCUT2D eigenvalue weighted by Crippen LogP contribution is 2.40. The molecule has 4 rings (SSSR count). The van der Waals surface area contributed by atoms with E-state index < -0.39 is 0 Å². The normalized spacial score (nSPS) is 15.9. The van der Waals surface area contributed by atoms with Gasteiger partial charge in [-0.25, -0.2) is 4.99 Å². The summed E-state index contributed by atoms with van der Waals surface area (Å²) in [5.74, 6) is 2.17. The summed E-state index contributed by atoms with van der Waals surface area (Å²) in [7, 11) is 0. The Morgan fingerprint density at radius 1 is 1.12 bits per heavy atom. The summed E-state index contributed by atoms with van der Waals surface area (Å²) in [6.07, 6.45) is 14.0. The molecule has 0 N–H and O–H groups in total. The number of carbonyl (C=O) groups excluding carboxylic acids is 1. The van der Waals surface area contributed by atoms with Crippen LogP contribution in [0.15, 0.2) is 76.3 Å². The molecule has 0 amide bonds. The van der Waals surface area contributed by atoms with Gasteiger partial charge in [-0.1, -0.05) is 75.4 Å². The number of benzene rings is 2. The summed E-state index contributed by atoms with van der Waals surface area (Å²) >= 11 is 0. The minimum atomic E-state index is 0.524. The molecule has 0 unspecified atom stereocenters. The first kappa shape index (κ1) is 24.6. The van der Waals surface area contributed by atoms with E-state index in [0.717, 1.165) is 48.6 Å². The number of carbonyl (C=O) groups is 1. The molecular formula is C30H36N2O. The van der Waals surface area contributed by atoms with Gasteiger partial charge in [0.25, 0.3) is 0 Å². The topological polar surface area (TPSA) is 41.8 Å². The quantitative estimate of drug-likeness (QED) is 0.342. The van der Waals surface area contributed by atoms with Crippen LogP contribution in [0.1, 0.15) is 69.6 Å². The lowest BCUT2D eigenvalue weighted by Crippen LogP contribution is -2.05. The van der Waals surface area contributed by atoms with E-state index in [1.54, 1.807) is 0 Å². The molecule has 33 heavy (non-hydrogen) atoms. The van der Waals surface area contributed by atoms with E-state index in [1.807, 2.05) is 6.21 Å². The predicted octanol–water partition coefficient (Wildman–Crippen LogP) is 7.36. The number of allylic oxidation sites excluding steroid dienone is 1. The number of aldehydes is 1. The van der Waals surface area contributed by atoms with Gasteiger partial charge in [-0.05, 0) is 78.3 Å². The number of aliphatic imine (C=N–C) groups is 2. The third kappa shape index (κ3) is 7.21. The number of nitrogens with zero attached hydrogens (tertiary/aromatic N) is 2. The van der Waals surface area contributed by atoms with Gasteiger partial charge in [-0.2, -0.15) is 0 Å². The molecule has 2 aliphatic rings. The summed E-state index contributed by atoms with van der Waals surface area (Å²) in [6.45, 7) is 8.86. The molecule has 1 aliphatic carbocycles. The Balaban J connectivity index is 0.000000968. The van der Waals surface area contributed by atoms with Crippen molar-refractivity contribution in [3.63, 3.8) is 0 Å². The minimum absolute atomic E-state index is 0.524. The summed E-state index contributed by atoms with van der Waals surface area (Å²) in [6, 6.07) is 15.9. The van der Waals surface area contributed by atoms with E-state index in [-0.39, 0.29) is 0 Å². The molecular weight excluding hydrogens is 404 g/mol. The predicted molar refractivity (Wildman–Crippen MR) is 142 cm³/mol. The van der Waals surface area contributed by atoms with Gasteiger partial charge in [0, 0.05) is 18.3 Å². The largest absolute Gasteiger partial charge is 0.304 e. The van der Waals surface area contributed by atoms with Crippen LogP contribution in [0.25, 0.3) is 11.1 Å². The SMILES string of the molecule is CC=O.CCc1cc(C=NC2=NCCC=C2/C=C\C(C)C)ccc1-c1ccc(C2CC2)cc1. The lowest BCUT2D eigenvalue weighted by Gasteiger charge is -2.11. The Labute approximate surface area is 199 Å². The second kappa shape index (κ2) is 12.2. The van der Waals surface area contributed by atoms with Crippen molar-refractivity contribution in [2.45, 2.75) is 59.3 Å². The van der Waals surface area contributed by atoms with E-state index in [2.05, 4.69) is 86.5 Å². The van der Waals surface area contributed by atoms with Crippen LogP contribution < -0.4 is 0 Å². The molecule has 0 saturated heterocycles. The van der Waals surface area contributed by atoms with Gasteiger partial charge in [0.15, 0.2) is 5.84 Å². The molecule has 2 aromatic carbocycles. The first-order chi connectivity index (χ1) is 16.0. The Morgan fingerprint density at radius 2 is 1.85 bits per heavy atom. The second-order valence-corrected chi connectivity index (χ2v) is 8.92. The maximum Gasteiger partial charge on any atom is 0.154 e. The molecule has 172 valence electrons. The van der Waals surface area contributed by atoms with Crippen molar-refractivity contribution in [3.05, 3.63) is 83.0 Å². The average Bonchev–Trinajstić information content (AvgIpc) is 3.68. The van der Waals surface area contributed by atoms with Gasteiger partial charge in [0.05, 0.1) is 0 Å². The second-order valence-electron chi connectivity index (χ2n) is 8.92. The zero-order valence-corrected chi connectivity index (χ0v) is 20.4. The molecule has 1 fully saturated rings. The third-order valence-corrected chi connectivity index (χ3v) is 5.79. The molecule has 1 saturated carbocycles. The van der Waals surface area contributed by atoms with Crippen molar-refractivity contribution >= 4 is 18.3 Å². The fourth-order valence-electron chi connectivity index (χ4n) is 3.88. The summed E-state index contributed by atoms with van der Waals surface area (Å²) in [4.78, 5) is 18.2. The molecule has 1 heterocycles. The Kier molecular flexibility index (Phi) is 9.12. The Bertz CT molecular complexity index is 1050. The highest BCUT2D eigenvalue weighted by atomic mass is 16.1. The van der Waals surface area contributed by atoms with Crippen molar-refractivity contribution in [3.8, 4) is 11.1 Å². The van der Waals surface area contributed by atoms with Crippen LogP contribution in [0.2, 0.25) is 0 Å². The van der Waals surface area contributed by atoms with E-state index in [4.69, 9.17) is 9.79 Å². The Morgan fingerprint density at radius 3 is 2.48 bits per heavy atom. The molecule has 0 bridgehead atoms. The van der Waals surface area contributed by atoms with E-state index >= 15 is 0 Å². The van der Waals surface area contributed by atoms with Crippen molar-refractivity contribution in [2.75, 3.05) is 6.54 Å². The number of amidine groups is 1. The molecule has 3 nitrogen and oxygen atoms in total. The highest BCUT2D eigenvalue weighted by molar-refractivity contribution is 6.07. The maximum absolute atomic E-state index is 8.81. The number of rotatable bonds is 6. The van der Waals surface area contributed by atoms with Crippen LogP contribution in [0.5, 0.6) is 0 Å². The van der Waals surface area contributed by atoms with Crippen LogP contribution in [0.4, 0.5) is 0 Å². The summed E-state index contributed by atoms with van der Waals surface area (Å²) < 4.78 is 0. The van der Waals surface area contributed by atoms with E-state index in [0.29, 0.717) is 5.92 Å². The van der Waals surface area contributed by atoms with Gasteiger partial charge in [0.2, 0.25) is 0 Å². The van der Waals surface area contributed by atoms with Crippen molar-refractivity contribution < 1.29 is 4.79 Å². The fourth-order valence-corrected chi connectivity index (χ4v) is 3.88. The molecule has 0 aromatic heterocycles. The summed E-state index contributed by atoms with van der Waals surface area (Å²) in [5.41, 5.74) is 7.75. The van der Waals surface area contributed by atoms with Crippen LogP contribution >= 0.6 is 0 Å². The van der Waals surface area contributed by atoms with Gasteiger partial charge >= 0.3 is 0 Å². The molecule has 0 radical (unpaired) electrons. The molecule has 3 heteroatoms. The van der Waals surface area contributed by atoms with Crippen molar-refractivity contribution in [1.29, 1.82) is 0 Å². The fraction of sp³-hybridized carbons (Fsp3) is 0.367. The van der Waals surface area contributed by atoms with Crippen LogP contribution in [-0.4, -0.2) is 24.9 Å². The zero-order chi connectivity index (χ0) is 23.6. The van der Waals surface area contributed by atoms with Crippen LogP contribution in [-0.2, 0) is 11.2 Å². The van der Waals surface area contributed by atoms with Crippen LogP contribution in [0.3, 0.4) is 0 Å². The highest BCUT2D eigenvalue weighted by Gasteiger charge is 2.23. The number of hydrogen-bond donors (Lipinski definition) is 0. The first-order valence-corrected chi connectivity index (χ1v) is 12.2. The van der Waals surface area contributed by atoms with Gasteiger partial charge in [-0.3, -0.25) is 4.99 Å². The molecule has 1 aliphatic heterocycles. The smallest absolute Gasteiger partial charge is 0.154 e. The minimum Gasteiger partial charge on any atom is -0.304 e. The van der Waals surface area contributed by atoms with Crippen LogP contribution in [0, 0.1) is 5.92 Å². The molecule has 0 atom stereocenters. The lowest BCUT2D eigenvalue weighted by molar-refractivity contribution is -0.106. The van der Waals surface area contributed by atoms with E-state index in [9.17, 15) is 0 Å². The van der Waals surface area contributed by atoms with E-state index in [1.165, 1.54) is 42.0 Å². The molecule has 2 aromatic rings. The zero-order valence-electron chi connectivity index (χ0n) is 20.4. The standard InChI is InChI=1S/C28H32N2.C2H4O/c1-4-22-18-21(19-30-28-26(6-5-17-29-28)9-7-20(2)3)8-16-27(22)25-14-12-24(13-15-25)23-10-11-23;1-2-3/h6-9,12-16,18-20,23H,4-5,10-11,17H2,1-3H3;2H,1H3/b9-7-,30-19?;. The number of aryl methyl sites for hydroxylation is 1. The average molecular weight is 441 g/mol. The number of dihydropyridines is 1. The van der Waals surface area contributed by atoms with Crippen molar-refractivity contribution in [1.82, 2.24) is 0 Å². The van der Waals surface area contributed by atoms with Gasteiger partial charge in [-0.15, -0.1) is 0 Å². The maximum atomic E-state index is 8.81. The van der Waals surface area contributed by atoms with Gasteiger partial charge in [0.1, 0.15) is 6.29 Å². The first-order valence-electron chi connectivity index (χ1n) is 12.2.